The van der Waals surface area contributed by atoms with E-state index in [1.54, 1.807) is 4.90 Å². The van der Waals surface area contributed by atoms with E-state index in [-0.39, 0.29) is 12.0 Å². The molecule has 1 fully saturated rings. The number of hydrogen-bond acceptors (Lipinski definition) is 7. The molecule has 3 aromatic rings. The van der Waals surface area contributed by atoms with Crippen molar-refractivity contribution in [3.63, 3.8) is 0 Å². The molecule has 0 aliphatic carbocycles. The van der Waals surface area contributed by atoms with E-state index in [0.717, 1.165) is 11.3 Å². The highest BCUT2D eigenvalue weighted by atomic mass is 19.4. The van der Waals surface area contributed by atoms with E-state index < -0.39 is 23.4 Å². The van der Waals surface area contributed by atoms with Gasteiger partial charge in [0, 0.05) is 38.3 Å². The van der Waals surface area contributed by atoms with Crippen LogP contribution in [0.1, 0.15) is 45.4 Å². The summed E-state index contributed by atoms with van der Waals surface area (Å²) in [6, 6.07) is 9.89. The van der Waals surface area contributed by atoms with Gasteiger partial charge in [0.15, 0.2) is 11.5 Å². The molecular formula is C24H25F3N6O2. The molecule has 3 heterocycles. The summed E-state index contributed by atoms with van der Waals surface area (Å²) in [5, 5.41) is 17.8. The fourth-order valence-corrected chi connectivity index (χ4v) is 4.08. The monoisotopic (exact) mass is 486 g/mol. The Balaban J connectivity index is 1.45. The Morgan fingerprint density at radius 3 is 2.49 bits per heavy atom. The van der Waals surface area contributed by atoms with Crippen LogP contribution in [-0.2, 0) is 12.6 Å². The molecule has 1 aromatic carbocycles. The molecule has 1 aliphatic heterocycles. The molecule has 2 aromatic heterocycles. The third kappa shape index (κ3) is 5.33. The zero-order valence-electron chi connectivity index (χ0n) is 19.5. The fourth-order valence-electron chi connectivity index (χ4n) is 4.08. The highest BCUT2D eigenvalue weighted by molar-refractivity contribution is 5.88. The van der Waals surface area contributed by atoms with Gasteiger partial charge in [-0.15, -0.1) is 5.10 Å². The Bertz CT molecular complexity index is 1230. The van der Waals surface area contributed by atoms with Crippen LogP contribution < -0.4 is 9.80 Å². The van der Waals surface area contributed by atoms with Gasteiger partial charge in [-0.1, -0.05) is 18.2 Å². The Hall–Kier alpha value is -3.76. The lowest BCUT2D eigenvalue weighted by atomic mass is 10.0. The van der Waals surface area contributed by atoms with Crippen molar-refractivity contribution >= 4 is 17.7 Å². The van der Waals surface area contributed by atoms with Gasteiger partial charge in [-0.05, 0) is 49.6 Å². The number of aromatic nitrogens is 4. The van der Waals surface area contributed by atoms with Gasteiger partial charge in [-0.2, -0.15) is 18.3 Å². The summed E-state index contributed by atoms with van der Waals surface area (Å²) < 4.78 is 40.0. The Labute approximate surface area is 200 Å². The van der Waals surface area contributed by atoms with E-state index in [9.17, 15) is 18.0 Å². The maximum atomic E-state index is 13.3. The van der Waals surface area contributed by atoms with E-state index in [1.165, 1.54) is 11.1 Å². The maximum absolute atomic E-state index is 13.3. The largest absolute Gasteiger partial charge is 0.478 e. The number of alkyl halides is 3. The van der Waals surface area contributed by atoms with Crippen LogP contribution in [-0.4, -0.2) is 56.9 Å². The minimum Gasteiger partial charge on any atom is -0.478 e. The number of hydrogen-bond donors (Lipinski definition) is 1. The average molecular weight is 486 g/mol. The SMILES string of the molecule is Cc1ccc(Cc2ccc(N3CCN(c4ncc(C(=O)O)c(C(F)(F)F)n4)C(C)C3)nn2)cc1C. The second-order valence-corrected chi connectivity index (χ2v) is 8.70. The second-order valence-electron chi connectivity index (χ2n) is 8.70. The molecule has 8 nitrogen and oxygen atoms in total. The number of carboxylic acids is 1. The van der Waals surface area contributed by atoms with Crippen molar-refractivity contribution in [1.29, 1.82) is 0 Å². The number of carbonyl (C=O) groups is 1. The van der Waals surface area contributed by atoms with Gasteiger partial charge in [-0.25, -0.2) is 14.8 Å². The summed E-state index contributed by atoms with van der Waals surface area (Å²) in [6.07, 6.45) is -3.51. The number of carboxylic acid groups (broad SMARTS) is 1. The van der Waals surface area contributed by atoms with Crippen LogP contribution in [0, 0.1) is 13.8 Å². The first kappa shape index (κ1) is 24.4. The van der Waals surface area contributed by atoms with Gasteiger partial charge in [0.25, 0.3) is 0 Å². The summed E-state index contributed by atoms with van der Waals surface area (Å²) >= 11 is 0. The van der Waals surface area contributed by atoms with Crippen LogP contribution in [0.4, 0.5) is 24.9 Å². The standard InChI is InChI=1S/C24H25F3N6O2/c1-14-4-5-17(10-15(14)2)11-18-6-7-20(31-30-18)32-8-9-33(16(3)13-32)23-28-12-19(22(34)35)21(29-23)24(25,26)27/h4-7,10,12,16H,8-9,11,13H2,1-3H3,(H,34,35). The zero-order valence-corrected chi connectivity index (χ0v) is 19.5. The lowest BCUT2D eigenvalue weighted by molar-refractivity contribution is -0.141. The molecule has 1 atom stereocenters. The summed E-state index contributed by atoms with van der Waals surface area (Å²) in [6.45, 7) is 7.27. The number of piperazine rings is 1. The molecule has 1 unspecified atom stereocenters. The third-order valence-corrected chi connectivity index (χ3v) is 6.15. The Morgan fingerprint density at radius 2 is 1.89 bits per heavy atom. The van der Waals surface area contributed by atoms with Crippen LogP contribution in [0.2, 0.25) is 0 Å². The molecule has 0 amide bonds. The third-order valence-electron chi connectivity index (χ3n) is 6.15. The van der Waals surface area contributed by atoms with Gasteiger partial charge in [-0.3, -0.25) is 0 Å². The predicted octanol–water partition coefficient (Wildman–Crippen LogP) is 3.91. The smallest absolute Gasteiger partial charge is 0.434 e. The second kappa shape index (κ2) is 9.47. The average Bonchev–Trinajstić information content (AvgIpc) is 2.81. The molecule has 0 radical (unpaired) electrons. The van der Waals surface area contributed by atoms with Gasteiger partial charge in [0.05, 0.1) is 5.69 Å². The molecule has 1 N–H and O–H groups in total. The lowest BCUT2D eigenvalue weighted by Gasteiger charge is -2.40. The minimum atomic E-state index is -4.90. The molecule has 35 heavy (non-hydrogen) atoms. The van der Waals surface area contributed by atoms with Crippen molar-refractivity contribution in [3.05, 3.63) is 70.2 Å². The summed E-state index contributed by atoms with van der Waals surface area (Å²) in [7, 11) is 0. The van der Waals surface area contributed by atoms with Gasteiger partial charge in [0.2, 0.25) is 5.95 Å². The Morgan fingerprint density at radius 1 is 1.11 bits per heavy atom. The van der Waals surface area contributed by atoms with Crippen molar-refractivity contribution in [2.24, 2.45) is 0 Å². The molecule has 11 heteroatoms. The number of nitrogens with zero attached hydrogens (tertiary/aromatic N) is 6. The molecule has 4 rings (SSSR count). The molecule has 184 valence electrons. The summed E-state index contributed by atoms with van der Waals surface area (Å²) in [5.74, 6) is -1.19. The highest BCUT2D eigenvalue weighted by Gasteiger charge is 2.39. The van der Waals surface area contributed by atoms with E-state index >= 15 is 0 Å². The summed E-state index contributed by atoms with van der Waals surface area (Å²) in [4.78, 5) is 22.3. The van der Waals surface area contributed by atoms with Gasteiger partial charge >= 0.3 is 12.1 Å². The van der Waals surface area contributed by atoms with Crippen LogP contribution in [0.3, 0.4) is 0 Å². The first-order valence-electron chi connectivity index (χ1n) is 11.1. The molecule has 1 saturated heterocycles. The molecule has 0 spiro atoms. The van der Waals surface area contributed by atoms with Crippen molar-refractivity contribution in [3.8, 4) is 0 Å². The number of anilines is 2. The molecule has 1 aliphatic rings. The molecular weight excluding hydrogens is 461 g/mol. The number of halogens is 3. The highest BCUT2D eigenvalue weighted by Crippen LogP contribution is 2.32. The number of aromatic carboxylic acids is 1. The van der Waals surface area contributed by atoms with Crippen molar-refractivity contribution in [1.82, 2.24) is 20.2 Å². The number of aryl methyl sites for hydroxylation is 2. The van der Waals surface area contributed by atoms with Crippen molar-refractivity contribution in [2.75, 3.05) is 29.4 Å². The van der Waals surface area contributed by atoms with Crippen molar-refractivity contribution < 1.29 is 23.1 Å². The fraction of sp³-hybridized carbons (Fsp3) is 0.375. The van der Waals surface area contributed by atoms with Gasteiger partial charge < -0.3 is 14.9 Å². The first-order valence-corrected chi connectivity index (χ1v) is 11.1. The number of benzene rings is 1. The van der Waals surface area contributed by atoms with E-state index in [4.69, 9.17) is 5.11 Å². The lowest BCUT2D eigenvalue weighted by Crippen LogP contribution is -2.53. The predicted molar refractivity (Wildman–Crippen MR) is 124 cm³/mol. The van der Waals surface area contributed by atoms with Crippen LogP contribution in [0.15, 0.2) is 36.5 Å². The topological polar surface area (TPSA) is 95.3 Å². The van der Waals surface area contributed by atoms with Crippen LogP contribution in [0.25, 0.3) is 0 Å². The first-order chi connectivity index (χ1) is 16.5. The normalized spacial score (nSPS) is 16.5. The maximum Gasteiger partial charge on any atom is 0.434 e. The van der Waals surface area contributed by atoms with Crippen LogP contribution >= 0.6 is 0 Å². The van der Waals surface area contributed by atoms with Crippen molar-refractivity contribution in [2.45, 2.75) is 39.4 Å². The van der Waals surface area contributed by atoms with Crippen LogP contribution in [0.5, 0.6) is 0 Å². The van der Waals surface area contributed by atoms with Gasteiger partial charge in [0.1, 0.15) is 5.56 Å². The van der Waals surface area contributed by atoms with E-state index in [1.807, 2.05) is 24.0 Å². The molecule has 0 saturated carbocycles. The number of rotatable bonds is 5. The Kier molecular flexibility index (Phi) is 6.60. The van der Waals surface area contributed by atoms with E-state index in [0.29, 0.717) is 38.1 Å². The summed E-state index contributed by atoms with van der Waals surface area (Å²) in [5.41, 5.74) is 2.04. The zero-order chi connectivity index (χ0) is 25.3. The molecule has 0 bridgehead atoms. The van der Waals surface area contributed by atoms with E-state index in [2.05, 4.69) is 52.2 Å². The quantitative estimate of drug-likeness (QED) is 0.580. The minimum absolute atomic E-state index is 0.149.